The second-order valence-electron chi connectivity index (χ2n) is 5.35. The molecule has 1 aromatic rings. The Morgan fingerprint density at radius 3 is 2.30 bits per heavy atom. The van der Waals surface area contributed by atoms with Crippen LogP contribution in [0.4, 0.5) is 0 Å². The Labute approximate surface area is 136 Å². The summed E-state index contributed by atoms with van der Waals surface area (Å²) in [6.07, 6.45) is 5.03. The average Bonchev–Trinajstić information content (AvgIpc) is 2.53. The lowest BCUT2D eigenvalue weighted by molar-refractivity contribution is -0.121. The Morgan fingerprint density at radius 1 is 1.20 bits per heavy atom. The molecule has 0 aliphatic heterocycles. The molecule has 0 spiro atoms. The smallest absolute Gasteiger partial charge is 0.146 e. The molecular weight excluding hydrogens is 384 g/mol. The highest BCUT2D eigenvalue weighted by molar-refractivity contribution is 9.09. The van der Waals surface area contributed by atoms with E-state index < -0.39 is 0 Å². The number of carbonyl (C=O) groups excluding carboxylic acids is 2. The van der Waals surface area contributed by atoms with E-state index >= 15 is 0 Å². The van der Waals surface area contributed by atoms with Crippen molar-refractivity contribution in [3.63, 3.8) is 0 Å². The van der Waals surface area contributed by atoms with Gasteiger partial charge in [0.05, 0.1) is 10.2 Å². The van der Waals surface area contributed by atoms with Crippen LogP contribution in [0.1, 0.15) is 47.6 Å². The minimum absolute atomic E-state index is 0.219. The highest BCUT2D eigenvalue weighted by atomic mass is 79.9. The van der Waals surface area contributed by atoms with Crippen molar-refractivity contribution >= 4 is 43.9 Å². The molecule has 0 N–H and O–H groups in total. The molecule has 0 amide bonds. The summed E-state index contributed by atoms with van der Waals surface area (Å²) >= 11 is 6.58. The van der Waals surface area contributed by atoms with Crippen molar-refractivity contribution < 1.29 is 9.59 Å². The summed E-state index contributed by atoms with van der Waals surface area (Å²) in [4.78, 5) is 22.2. The number of aldehydes is 1. The van der Waals surface area contributed by atoms with Gasteiger partial charge in [0.15, 0.2) is 0 Å². The van der Waals surface area contributed by atoms with Crippen LogP contribution < -0.4 is 0 Å². The van der Waals surface area contributed by atoms with Crippen LogP contribution in [0.3, 0.4) is 0 Å². The Balaban J connectivity index is 1.97. The summed E-state index contributed by atoms with van der Waals surface area (Å²) in [6, 6.07) is 8.26. The third-order valence-corrected chi connectivity index (χ3v) is 5.46. The highest BCUT2D eigenvalue weighted by Gasteiger charge is 2.26. The van der Waals surface area contributed by atoms with Gasteiger partial charge in [-0.3, -0.25) is 4.79 Å². The van der Waals surface area contributed by atoms with Gasteiger partial charge in [0.2, 0.25) is 0 Å². The molecule has 2 rings (SSSR count). The van der Waals surface area contributed by atoms with E-state index in [9.17, 15) is 9.59 Å². The highest BCUT2D eigenvalue weighted by Crippen LogP contribution is 2.36. The largest absolute Gasteiger partial charge is 0.302 e. The van der Waals surface area contributed by atoms with Gasteiger partial charge in [-0.25, -0.2) is 0 Å². The van der Waals surface area contributed by atoms with Crippen LogP contribution >= 0.6 is 31.9 Å². The Hall–Kier alpha value is -0.480. The third-order valence-electron chi connectivity index (χ3n) is 4.16. The normalized spacial score (nSPS) is 24.1. The molecule has 0 bridgehead atoms. The van der Waals surface area contributed by atoms with E-state index in [4.69, 9.17) is 0 Å². The Bertz CT molecular complexity index is 462. The zero-order valence-corrected chi connectivity index (χ0v) is 14.4. The molecule has 1 aliphatic carbocycles. The number of ketones is 1. The Kier molecular flexibility index (Phi) is 5.97. The van der Waals surface area contributed by atoms with E-state index in [0.29, 0.717) is 17.0 Å². The molecule has 1 unspecified atom stereocenters. The van der Waals surface area contributed by atoms with Crippen LogP contribution in [0, 0.1) is 5.92 Å². The maximum Gasteiger partial charge on any atom is 0.146 e. The minimum Gasteiger partial charge on any atom is -0.302 e. The van der Waals surface area contributed by atoms with Gasteiger partial charge in [-0.2, -0.15) is 0 Å². The number of hydrogen-bond donors (Lipinski definition) is 0. The predicted molar refractivity (Wildman–Crippen MR) is 87.7 cm³/mol. The van der Waals surface area contributed by atoms with Gasteiger partial charge in [0, 0.05) is 5.92 Å². The molecule has 1 aliphatic rings. The lowest BCUT2D eigenvalue weighted by atomic mass is 9.77. The number of rotatable bonds is 5. The molecule has 1 aromatic carbocycles. The first-order valence-corrected chi connectivity index (χ1v) is 8.97. The van der Waals surface area contributed by atoms with E-state index in [0.717, 1.165) is 37.5 Å². The Morgan fingerprint density at radius 2 is 1.80 bits per heavy atom. The summed E-state index contributed by atoms with van der Waals surface area (Å²) in [5, 5.41) is 0.482. The van der Waals surface area contributed by atoms with E-state index in [-0.39, 0.29) is 10.7 Å². The molecule has 1 saturated carbocycles. The van der Waals surface area contributed by atoms with Crippen molar-refractivity contribution in [3.8, 4) is 0 Å². The van der Waals surface area contributed by atoms with Gasteiger partial charge in [0.25, 0.3) is 0 Å². The number of halogens is 2. The van der Waals surface area contributed by atoms with Crippen molar-refractivity contribution in [2.24, 2.45) is 5.92 Å². The zero-order chi connectivity index (χ0) is 14.5. The summed E-state index contributed by atoms with van der Waals surface area (Å²) in [5.74, 6) is 1.13. The monoisotopic (exact) mass is 400 g/mol. The third kappa shape index (κ3) is 3.79. The van der Waals surface area contributed by atoms with Crippen LogP contribution in [0.2, 0.25) is 0 Å². The van der Waals surface area contributed by atoms with Gasteiger partial charge < -0.3 is 4.79 Å². The first-order chi connectivity index (χ1) is 9.65. The molecule has 4 heteroatoms. The standard InChI is InChI=1S/C16H18Br2O2/c17-9-16(20)14-7-3-12(4-8-14)11-1-5-13(6-2-11)15(18)10-19/h1-2,5-6,10,12,14-15H,3-4,7-9H2. The average molecular weight is 402 g/mol. The number of Topliss-reactive ketones (excluding diaryl/α,β-unsaturated/α-hetero) is 1. The number of benzene rings is 1. The quantitative estimate of drug-likeness (QED) is 0.535. The van der Waals surface area contributed by atoms with Gasteiger partial charge in [-0.1, -0.05) is 56.1 Å². The number of alkyl halides is 2. The fourth-order valence-electron chi connectivity index (χ4n) is 2.89. The van der Waals surface area contributed by atoms with Crippen molar-refractivity contribution in [2.75, 3.05) is 5.33 Å². The summed E-state index contributed by atoms with van der Waals surface area (Å²) < 4.78 is 0. The SMILES string of the molecule is O=CC(Br)c1ccc(C2CCC(C(=O)CBr)CC2)cc1. The fourth-order valence-corrected chi connectivity index (χ4v) is 3.65. The molecule has 1 fully saturated rings. The van der Waals surface area contributed by atoms with Gasteiger partial charge in [0.1, 0.15) is 12.1 Å². The molecule has 0 aromatic heterocycles. The van der Waals surface area contributed by atoms with E-state index in [1.807, 2.05) is 12.1 Å². The molecule has 0 heterocycles. The van der Waals surface area contributed by atoms with Gasteiger partial charge >= 0.3 is 0 Å². The molecule has 0 saturated heterocycles. The van der Waals surface area contributed by atoms with E-state index in [1.165, 1.54) is 5.56 Å². The molecule has 0 radical (unpaired) electrons. The van der Waals surface area contributed by atoms with Crippen molar-refractivity contribution in [1.82, 2.24) is 0 Å². The minimum atomic E-state index is -0.219. The summed E-state index contributed by atoms with van der Waals surface area (Å²) in [5.41, 5.74) is 2.32. The first-order valence-electron chi connectivity index (χ1n) is 6.93. The zero-order valence-electron chi connectivity index (χ0n) is 11.2. The van der Waals surface area contributed by atoms with Crippen LogP contribution in [0.5, 0.6) is 0 Å². The predicted octanol–water partition coefficient (Wildman–Crippen LogP) is 4.56. The second-order valence-corrected chi connectivity index (χ2v) is 6.90. The second kappa shape index (κ2) is 7.51. The van der Waals surface area contributed by atoms with Gasteiger partial charge in [-0.05, 0) is 42.7 Å². The maximum absolute atomic E-state index is 11.7. The molecule has 108 valence electrons. The van der Waals surface area contributed by atoms with Gasteiger partial charge in [-0.15, -0.1) is 0 Å². The van der Waals surface area contributed by atoms with E-state index in [2.05, 4.69) is 44.0 Å². The maximum atomic E-state index is 11.7. The molecular formula is C16H18Br2O2. The van der Waals surface area contributed by atoms with Crippen LogP contribution in [-0.2, 0) is 9.59 Å². The molecule has 1 atom stereocenters. The summed E-state index contributed by atoms with van der Waals surface area (Å²) in [7, 11) is 0. The lowest BCUT2D eigenvalue weighted by Gasteiger charge is -2.27. The van der Waals surface area contributed by atoms with Crippen LogP contribution in [0.15, 0.2) is 24.3 Å². The number of carbonyl (C=O) groups is 2. The van der Waals surface area contributed by atoms with Crippen molar-refractivity contribution in [2.45, 2.75) is 36.4 Å². The van der Waals surface area contributed by atoms with E-state index in [1.54, 1.807) is 0 Å². The number of hydrogen-bond acceptors (Lipinski definition) is 2. The first kappa shape index (κ1) is 15.9. The summed E-state index contributed by atoms with van der Waals surface area (Å²) in [6.45, 7) is 0. The van der Waals surface area contributed by atoms with Crippen LogP contribution in [-0.4, -0.2) is 17.4 Å². The fraction of sp³-hybridized carbons (Fsp3) is 0.500. The van der Waals surface area contributed by atoms with Crippen LogP contribution in [0.25, 0.3) is 0 Å². The molecule has 20 heavy (non-hydrogen) atoms. The molecule has 2 nitrogen and oxygen atoms in total. The topological polar surface area (TPSA) is 34.1 Å². The van der Waals surface area contributed by atoms with Crippen molar-refractivity contribution in [3.05, 3.63) is 35.4 Å². The van der Waals surface area contributed by atoms with Crippen molar-refractivity contribution in [1.29, 1.82) is 0 Å². The lowest BCUT2D eigenvalue weighted by Crippen LogP contribution is -2.21.